The molecule has 0 aliphatic carbocycles. The minimum atomic E-state index is -0.194. The number of amides is 2. The minimum Gasteiger partial charge on any atom is -0.356 e. The SMILES string of the molecule is CC(N)C(C)C(=O)NCCCNC(=O)c1cccs1. The molecule has 0 aliphatic rings. The van der Waals surface area contributed by atoms with Crippen molar-refractivity contribution in [1.29, 1.82) is 0 Å². The molecule has 1 aromatic heterocycles. The Bertz CT molecular complexity index is 404. The van der Waals surface area contributed by atoms with Crippen molar-refractivity contribution in [3.63, 3.8) is 0 Å². The summed E-state index contributed by atoms with van der Waals surface area (Å²) in [6.07, 6.45) is 0.703. The zero-order chi connectivity index (χ0) is 14.3. The largest absolute Gasteiger partial charge is 0.356 e. The number of nitrogens with one attached hydrogen (secondary N) is 2. The highest BCUT2D eigenvalue weighted by atomic mass is 32.1. The van der Waals surface area contributed by atoms with Crippen molar-refractivity contribution in [2.24, 2.45) is 11.7 Å². The van der Waals surface area contributed by atoms with E-state index in [4.69, 9.17) is 5.73 Å². The summed E-state index contributed by atoms with van der Waals surface area (Å²) < 4.78 is 0. The van der Waals surface area contributed by atoms with E-state index in [1.807, 2.05) is 18.4 Å². The maximum atomic E-state index is 11.6. The first-order valence-electron chi connectivity index (χ1n) is 6.37. The van der Waals surface area contributed by atoms with E-state index in [-0.39, 0.29) is 23.8 Å². The van der Waals surface area contributed by atoms with Crippen LogP contribution in [-0.4, -0.2) is 30.9 Å². The second-order valence-electron chi connectivity index (χ2n) is 4.53. The Labute approximate surface area is 117 Å². The standard InChI is InChI=1S/C13H21N3O2S/c1-9(10(2)14)12(17)15-6-4-7-16-13(18)11-5-3-8-19-11/h3,5,8-10H,4,6-7,14H2,1-2H3,(H,15,17)(H,16,18). The molecule has 19 heavy (non-hydrogen) atoms. The van der Waals surface area contributed by atoms with Crippen LogP contribution in [0.15, 0.2) is 17.5 Å². The van der Waals surface area contributed by atoms with Crippen LogP contribution in [-0.2, 0) is 4.79 Å². The normalized spacial score (nSPS) is 13.6. The molecule has 0 fully saturated rings. The Morgan fingerprint density at radius 3 is 2.58 bits per heavy atom. The molecule has 2 amide bonds. The van der Waals surface area contributed by atoms with Gasteiger partial charge in [0.15, 0.2) is 0 Å². The molecular weight excluding hydrogens is 262 g/mol. The summed E-state index contributed by atoms with van der Waals surface area (Å²) in [5.74, 6) is -0.300. The zero-order valence-electron chi connectivity index (χ0n) is 11.3. The Balaban J connectivity index is 2.12. The number of carbonyl (C=O) groups excluding carboxylic acids is 2. The third-order valence-electron chi connectivity index (χ3n) is 2.89. The smallest absolute Gasteiger partial charge is 0.261 e. The van der Waals surface area contributed by atoms with Gasteiger partial charge in [-0.2, -0.15) is 0 Å². The highest BCUT2D eigenvalue weighted by molar-refractivity contribution is 7.12. The van der Waals surface area contributed by atoms with Gasteiger partial charge in [-0.15, -0.1) is 11.3 Å². The summed E-state index contributed by atoms with van der Waals surface area (Å²) in [4.78, 5) is 23.9. The van der Waals surface area contributed by atoms with Crippen LogP contribution in [0.2, 0.25) is 0 Å². The van der Waals surface area contributed by atoms with Crippen molar-refractivity contribution < 1.29 is 9.59 Å². The van der Waals surface area contributed by atoms with E-state index < -0.39 is 0 Å². The van der Waals surface area contributed by atoms with Crippen LogP contribution >= 0.6 is 11.3 Å². The quantitative estimate of drug-likeness (QED) is 0.652. The summed E-state index contributed by atoms with van der Waals surface area (Å²) in [5.41, 5.74) is 5.64. The van der Waals surface area contributed by atoms with Crippen LogP contribution in [0.3, 0.4) is 0 Å². The minimum absolute atomic E-state index is 0.0421. The van der Waals surface area contributed by atoms with Crippen molar-refractivity contribution in [2.45, 2.75) is 26.3 Å². The third-order valence-corrected chi connectivity index (χ3v) is 3.75. The molecule has 4 N–H and O–H groups in total. The van der Waals surface area contributed by atoms with Crippen molar-refractivity contribution in [1.82, 2.24) is 10.6 Å². The van der Waals surface area contributed by atoms with Gasteiger partial charge in [0.05, 0.1) is 4.88 Å². The maximum Gasteiger partial charge on any atom is 0.261 e. The lowest BCUT2D eigenvalue weighted by molar-refractivity contribution is -0.124. The number of carbonyl (C=O) groups is 2. The van der Waals surface area contributed by atoms with Crippen molar-refractivity contribution in [2.75, 3.05) is 13.1 Å². The lowest BCUT2D eigenvalue weighted by Crippen LogP contribution is -2.39. The fraction of sp³-hybridized carbons (Fsp3) is 0.538. The van der Waals surface area contributed by atoms with Gasteiger partial charge in [-0.1, -0.05) is 13.0 Å². The molecule has 0 radical (unpaired) electrons. The molecule has 0 aromatic carbocycles. The van der Waals surface area contributed by atoms with E-state index in [0.717, 1.165) is 0 Å². The van der Waals surface area contributed by atoms with Gasteiger partial charge >= 0.3 is 0 Å². The zero-order valence-corrected chi connectivity index (χ0v) is 12.1. The van der Waals surface area contributed by atoms with Gasteiger partial charge in [-0.25, -0.2) is 0 Å². The number of hydrogen-bond acceptors (Lipinski definition) is 4. The van der Waals surface area contributed by atoms with Gasteiger partial charge < -0.3 is 16.4 Å². The van der Waals surface area contributed by atoms with Gasteiger partial charge in [-0.3, -0.25) is 9.59 Å². The Hall–Kier alpha value is -1.40. The van der Waals surface area contributed by atoms with Crippen molar-refractivity contribution in [3.8, 4) is 0 Å². The van der Waals surface area contributed by atoms with E-state index in [9.17, 15) is 9.59 Å². The summed E-state index contributed by atoms with van der Waals surface area (Å²) in [6.45, 7) is 4.70. The molecule has 1 rings (SSSR count). The molecule has 2 unspecified atom stereocenters. The summed E-state index contributed by atoms with van der Waals surface area (Å²) in [6, 6.07) is 3.47. The van der Waals surface area contributed by atoms with E-state index in [1.54, 1.807) is 13.0 Å². The van der Waals surface area contributed by atoms with E-state index in [1.165, 1.54) is 11.3 Å². The first-order chi connectivity index (χ1) is 9.02. The van der Waals surface area contributed by atoms with Crippen LogP contribution in [0.1, 0.15) is 29.9 Å². The van der Waals surface area contributed by atoms with Crippen LogP contribution in [0.5, 0.6) is 0 Å². The molecule has 1 heterocycles. The van der Waals surface area contributed by atoms with Gasteiger partial charge in [0.1, 0.15) is 0 Å². The Morgan fingerprint density at radius 1 is 1.32 bits per heavy atom. The first kappa shape index (κ1) is 15.7. The molecule has 106 valence electrons. The Kier molecular flexibility index (Phi) is 6.52. The third kappa shape index (κ3) is 5.40. The molecule has 6 heteroatoms. The van der Waals surface area contributed by atoms with E-state index >= 15 is 0 Å². The topological polar surface area (TPSA) is 84.2 Å². The highest BCUT2D eigenvalue weighted by Gasteiger charge is 2.15. The summed E-state index contributed by atoms with van der Waals surface area (Å²) >= 11 is 1.41. The van der Waals surface area contributed by atoms with Gasteiger partial charge in [-0.05, 0) is 24.8 Å². The predicted octanol–water partition coefficient (Wildman–Crippen LogP) is 0.967. The summed E-state index contributed by atoms with van der Waals surface area (Å²) in [7, 11) is 0. The fourth-order valence-corrected chi connectivity index (χ4v) is 2.04. The predicted molar refractivity (Wildman–Crippen MR) is 77.1 cm³/mol. The van der Waals surface area contributed by atoms with Crippen LogP contribution in [0.4, 0.5) is 0 Å². The number of rotatable bonds is 7. The molecule has 0 spiro atoms. The van der Waals surface area contributed by atoms with Gasteiger partial charge in [0.2, 0.25) is 5.91 Å². The number of thiophene rings is 1. The average molecular weight is 283 g/mol. The molecule has 2 atom stereocenters. The molecule has 0 saturated heterocycles. The average Bonchev–Trinajstić information content (AvgIpc) is 2.90. The second kappa shape index (κ2) is 7.91. The van der Waals surface area contributed by atoms with Gasteiger partial charge in [0, 0.05) is 25.0 Å². The second-order valence-corrected chi connectivity index (χ2v) is 5.47. The van der Waals surface area contributed by atoms with E-state index in [2.05, 4.69) is 10.6 Å². The lowest BCUT2D eigenvalue weighted by atomic mass is 10.0. The monoisotopic (exact) mass is 283 g/mol. The van der Waals surface area contributed by atoms with Crippen LogP contribution < -0.4 is 16.4 Å². The van der Waals surface area contributed by atoms with Crippen molar-refractivity contribution in [3.05, 3.63) is 22.4 Å². The maximum absolute atomic E-state index is 11.6. The summed E-state index contributed by atoms with van der Waals surface area (Å²) in [5, 5.41) is 7.48. The molecular formula is C13H21N3O2S. The van der Waals surface area contributed by atoms with Crippen LogP contribution in [0, 0.1) is 5.92 Å². The molecule has 1 aromatic rings. The molecule has 0 saturated carbocycles. The molecule has 0 aliphatic heterocycles. The van der Waals surface area contributed by atoms with Gasteiger partial charge in [0.25, 0.3) is 5.91 Å². The lowest BCUT2D eigenvalue weighted by Gasteiger charge is -2.15. The van der Waals surface area contributed by atoms with Crippen molar-refractivity contribution >= 4 is 23.2 Å². The van der Waals surface area contributed by atoms with E-state index in [0.29, 0.717) is 24.4 Å². The molecule has 0 bridgehead atoms. The Morgan fingerprint density at radius 2 is 2.00 bits per heavy atom. The first-order valence-corrected chi connectivity index (χ1v) is 7.25. The fourth-order valence-electron chi connectivity index (χ4n) is 1.40. The number of hydrogen-bond donors (Lipinski definition) is 3. The molecule has 5 nitrogen and oxygen atoms in total. The highest BCUT2D eigenvalue weighted by Crippen LogP contribution is 2.07. The number of nitrogens with two attached hydrogens (primary N) is 1. The van der Waals surface area contributed by atoms with Crippen LogP contribution in [0.25, 0.3) is 0 Å².